The van der Waals surface area contributed by atoms with Crippen LogP contribution in [-0.4, -0.2) is 55.8 Å². The minimum Gasteiger partial charge on any atom is -0.381 e. The molecule has 0 saturated carbocycles. The van der Waals surface area contributed by atoms with Crippen molar-refractivity contribution in [3.63, 3.8) is 0 Å². The Hall–Kier alpha value is -1.70. The lowest BCUT2D eigenvalue weighted by Crippen LogP contribution is -2.54. The van der Waals surface area contributed by atoms with Crippen LogP contribution in [0.25, 0.3) is 0 Å². The van der Waals surface area contributed by atoms with Crippen molar-refractivity contribution in [3.05, 3.63) is 18.3 Å². The zero-order valence-electron chi connectivity index (χ0n) is 12.7. The molecule has 7 nitrogen and oxygen atoms in total. The van der Waals surface area contributed by atoms with E-state index in [2.05, 4.69) is 20.5 Å². The van der Waals surface area contributed by atoms with Crippen molar-refractivity contribution in [2.45, 2.75) is 18.4 Å². The second kappa shape index (κ2) is 6.60. The summed E-state index contributed by atoms with van der Waals surface area (Å²) < 4.78 is 5.26. The molecule has 7 heteroatoms. The number of aromatic nitrogens is 1. The summed E-state index contributed by atoms with van der Waals surface area (Å²) >= 11 is 0. The number of carbonyl (C=O) groups is 1. The van der Waals surface area contributed by atoms with Crippen LogP contribution in [0.5, 0.6) is 0 Å². The third kappa shape index (κ3) is 3.37. The van der Waals surface area contributed by atoms with Gasteiger partial charge in [-0.1, -0.05) is 0 Å². The highest BCUT2D eigenvalue weighted by atomic mass is 16.5. The average molecular weight is 305 g/mol. The molecule has 22 heavy (non-hydrogen) atoms. The van der Waals surface area contributed by atoms with Crippen LogP contribution in [0, 0.1) is 0 Å². The van der Waals surface area contributed by atoms with E-state index in [0.717, 1.165) is 31.9 Å². The van der Waals surface area contributed by atoms with E-state index in [4.69, 9.17) is 10.5 Å². The normalized spacial score (nSPS) is 21.4. The van der Waals surface area contributed by atoms with Gasteiger partial charge in [0.15, 0.2) is 0 Å². The van der Waals surface area contributed by atoms with E-state index >= 15 is 0 Å². The zero-order valence-corrected chi connectivity index (χ0v) is 12.7. The van der Waals surface area contributed by atoms with Crippen LogP contribution in [0.4, 0.5) is 11.5 Å². The van der Waals surface area contributed by atoms with E-state index in [0.29, 0.717) is 31.9 Å². The average Bonchev–Trinajstić information content (AvgIpc) is 2.57. The number of anilines is 2. The first kappa shape index (κ1) is 15.2. The third-order valence-electron chi connectivity index (χ3n) is 4.31. The van der Waals surface area contributed by atoms with Gasteiger partial charge in [0, 0.05) is 39.4 Å². The number of carbonyl (C=O) groups excluding carboxylic acids is 1. The Morgan fingerprint density at radius 1 is 1.32 bits per heavy atom. The van der Waals surface area contributed by atoms with Crippen LogP contribution in [0.2, 0.25) is 0 Å². The Balaban J connectivity index is 1.61. The van der Waals surface area contributed by atoms with Gasteiger partial charge in [-0.2, -0.15) is 0 Å². The molecular formula is C15H23N5O2. The van der Waals surface area contributed by atoms with E-state index < -0.39 is 5.54 Å². The van der Waals surface area contributed by atoms with Gasteiger partial charge in [-0.3, -0.25) is 4.79 Å². The molecule has 120 valence electrons. The number of pyridine rings is 1. The van der Waals surface area contributed by atoms with E-state index in [-0.39, 0.29) is 5.91 Å². The van der Waals surface area contributed by atoms with Crippen molar-refractivity contribution < 1.29 is 9.53 Å². The van der Waals surface area contributed by atoms with Gasteiger partial charge in [0.05, 0.1) is 11.9 Å². The molecule has 4 N–H and O–H groups in total. The van der Waals surface area contributed by atoms with Crippen molar-refractivity contribution in [2.24, 2.45) is 5.73 Å². The first-order chi connectivity index (χ1) is 10.7. The van der Waals surface area contributed by atoms with E-state index in [1.807, 2.05) is 12.1 Å². The van der Waals surface area contributed by atoms with E-state index in [9.17, 15) is 4.79 Å². The number of rotatable bonds is 3. The quantitative estimate of drug-likeness (QED) is 0.724. The van der Waals surface area contributed by atoms with E-state index in [1.165, 1.54) is 0 Å². The molecule has 2 fully saturated rings. The summed E-state index contributed by atoms with van der Waals surface area (Å²) in [6.45, 7) is 4.96. The lowest BCUT2D eigenvalue weighted by atomic mass is 9.90. The smallest absolute Gasteiger partial charge is 0.245 e. The Labute approximate surface area is 130 Å². The molecule has 2 aliphatic rings. The molecular weight excluding hydrogens is 282 g/mol. The fraction of sp³-hybridized carbons (Fsp3) is 0.600. The van der Waals surface area contributed by atoms with Gasteiger partial charge in [-0.05, 0) is 25.0 Å². The Morgan fingerprint density at radius 3 is 2.68 bits per heavy atom. The number of hydrogen-bond donors (Lipinski definition) is 3. The second-order valence-electron chi connectivity index (χ2n) is 5.86. The molecule has 0 aromatic carbocycles. The molecule has 1 aromatic rings. The molecule has 1 aromatic heterocycles. The number of nitrogens with zero attached hydrogens (tertiary/aromatic N) is 2. The summed E-state index contributed by atoms with van der Waals surface area (Å²) in [5.74, 6) is 0.360. The van der Waals surface area contributed by atoms with Gasteiger partial charge in [0.2, 0.25) is 5.91 Å². The topological polar surface area (TPSA) is 92.5 Å². The SMILES string of the molecule is NC1(C(=O)Nc2ccc(N3CCNCC3)cn2)CCOCC1. The summed E-state index contributed by atoms with van der Waals surface area (Å²) in [7, 11) is 0. The number of nitrogens with two attached hydrogens (primary N) is 1. The molecule has 1 amide bonds. The maximum absolute atomic E-state index is 12.3. The number of nitrogens with one attached hydrogen (secondary N) is 2. The van der Waals surface area contributed by atoms with Crippen LogP contribution in [-0.2, 0) is 9.53 Å². The van der Waals surface area contributed by atoms with Gasteiger partial charge < -0.3 is 26.0 Å². The van der Waals surface area contributed by atoms with Crippen molar-refractivity contribution in [1.29, 1.82) is 0 Å². The van der Waals surface area contributed by atoms with Gasteiger partial charge in [-0.15, -0.1) is 0 Å². The molecule has 3 rings (SSSR count). The van der Waals surface area contributed by atoms with Crippen LogP contribution < -0.4 is 21.3 Å². The number of hydrogen-bond acceptors (Lipinski definition) is 6. The predicted molar refractivity (Wildman–Crippen MR) is 84.9 cm³/mol. The summed E-state index contributed by atoms with van der Waals surface area (Å²) in [4.78, 5) is 18.9. The minimum absolute atomic E-state index is 0.182. The van der Waals surface area contributed by atoms with Gasteiger partial charge in [0.1, 0.15) is 11.4 Å². The van der Waals surface area contributed by atoms with Gasteiger partial charge in [0.25, 0.3) is 0 Å². The molecule has 0 bridgehead atoms. The van der Waals surface area contributed by atoms with Crippen LogP contribution in [0.1, 0.15) is 12.8 Å². The molecule has 0 unspecified atom stereocenters. The van der Waals surface area contributed by atoms with Crippen molar-refractivity contribution in [2.75, 3.05) is 49.6 Å². The molecule has 0 radical (unpaired) electrons. The monoisotopic (exact) mass is 305 g/mol. The van der Waals surface area contributed by atoms with Crippen LogP contribution >= 0.6 is 0 Å². The Kier molecular flexibility index (Phi) is 4.56. The first-order valence-electron chi connectivity index (χ1n) is 7.77. The van der Waals surface area contributed by atoms with Crippen molar-refractivity contribution >= 4 is 17.4 Å². The Bertz CT molecular complexity index is 507. The van der Waals surface area contributed by atoms with Crippen LogP contribution in [0.15, 0.2) is 18.3 Å². The van der Waals surface area contributed by atoms with E-state index in [1.54, 1.807) is 6.20 Å². The van der Waals surface area contributed by atoms with Gasteiger partial charge >= 0.3 is 0 Å². The number of piperazine rings is 1. The molecule has 3 heterocycles. The summed E-state index contributed by atoms with van der Waals surface area (Å²) in [6, 6.07) is 3.82. The summed E-state index contributed by atoms with van der Waals surface area (Å²) in [5.41, 5.74) is 6.39. The predicted octanol–water partition coefficient (Wildman–Crippen LogP) is -0.0624. The largest absolute Gasteiger partial charge is 0.381 e. The highest BCUT2D eigenvalue weighted by Crippen LogP contribution is 2.21. The lowest BCUT2D eigenvalue weighted by Gasteiger charge is -2.31. The lowest BCUT2D eigenvalue weighted by molar-refractivity contribution is -0.124. The zero-order chi connectivity index (χ0) is 15.4. The number of amides is 1. The highest BCUT2D eigenvalue weighted by Gasteiger charge is 2.36. The summed E-state index contributed by atoms with van der Waals surface area (Å²) in [6.07, 6.45) is 2.88. The highest BCUT2D eigenvalue weighted by molar-refractivity contribution is 5.97. The molecule has 2 saturated heterocycles. The molecule has 0 spiro atoms. The minimum atomic E-state index is -0.850. The first-order valence-corrected chi connectivity index (χ1v) is 7.77. The van der Waals surface area contributed by atoms with Crippen molar-refractivity contribution in [3.8, 4) is 0 Å². The fourth-order valence-corrected chi connectivity index (χ4v) is 2.77. The van der Waals surface area contributed by atoms with Gasteiger partial charge in [-0.25, -0.2) is 4.98 Å². The van der Waals surface area contributed by atoms with Crippen LogP contribution in [0.3, 0.4) is 0 Å². The maximum Gasteiger partial charge on any atom is 0.245 e. The fourth-order valence-electron chi connectivity index (χ4n) is 2.77. The Morgan fingerprint density at radius 2 is 2.05 bits per heavy atom. The molecule has 0 aliphatic carbocycles. The molecule has 0 atom stereocenters. The standard InChI is InChI=1S/C15H23N5O2/c16-15(3-9-22-10-4-15)14(21)19-13-2-1-12(11-18-13)20-7-5-17-6-8-20/h1-2,11,17H,3-10,16H2,(H,18,19,21). The summed E-state index contributed by atoms with van der Waals surface area (Å²) in [5, 5.41) is 6.14. The van der Waals surface area contributed by atoms with Crippen molar-refractivity contribution in [1.82, 2.24) is 10.3 Å². The molecule has 2 aliphatic heterocycles. The number of ether oxygens (including phenoxy) is 1. The third-order valence-corrected chi connectivity index (χ3v) is 4.31. The maximum atomic E-state index is 12.3. The second-order valence-corrected chi connectivity index (χ2v) is 5.86.